The summed E-state index contributed by atoms with van der Waals surface area (Å²) in [5, 5.41) is 6.44. The highest BCUT2D eigenvalue weighted by Crippen LogP contribution is 2.32. The molecule has 172 valence electrons. The molecule has 7 nitrogen and oxygen atoms in total. The second-order valence-corrected chi connectivity index (χ2v) is 9.18. The van der Waals surface area contributed by atoms with Crippen LogP contribution in [0.3, 0.4) is 0 Å². The van der Waals surface area contributed by atoms with Gasteiger partial charge in [-0.25, -0.2) is 0 Å². The molecule has 7 heteroatoms. The normalized spacial score (nSPS) is 25.0. The lowest BCUT2D eigenvalue weighted by Crippen LogP contribution is -2.49. The number of pyridine rings is 1. The quantitative estimate of drug-likeness (QED) is 0.711. The van der Waals surface area contributed by atoms with E-state index in [2.05, 4.69) is 22.2 Å². The fourth-order valence-electron chi connectivity index (χ4n) is 5.10. The van der Waals surface area contributed by atoms with Gasteiger partial charge in [-0.2, -0.15) is 0 Å². The molecule has 1 saturated heterocycles. The molecule has 0 bridgehead atoms. The van der Waals surface area contributed by atoms with Crippen LogP contribution in [0.15, 0.2) is 55.0 Å². The molecule has 3 aliphatic rings. The lowest BCUT2D eigenvalue weighted by molar-refractivity contribution is -0.126. The summed E-state index contributed by atoms with van der Waals surface area (Å²) in [6.45, 7) is 5.05. The number of nitrogens with zero attached hydrogens (tertiary/aromatic N) is 2. The van der Waals surface area contributed by atoms with Gasteiger partial charge in [0.15, 0.2) is 0 Å². The summed E-state index contributed by atoms with van der Waals surface area (Å²) in [7, 11) is 0. The molecule has 33 heavy (non-hydrogen) atoms. The van der Waals surface area contributed by atoms with Gasteiger partial charge < -0.3 is 20.3 Å². The van der Waals surface area contributed by atoms with Crippen molar-refractivity contribution < 1.29 is 14.3 Å². The molecular formula is C26H30N4O3. The van der Waals surface area contributed by atoms with Crippen LogP contribution in [0, 0.1) is 0 Å². The van der Waals surface area contributed by atoms with Gasteiger partial charge in [-0.1, -0.05) is 13.0 Å². The van der Waals surface area contributed by atoms with Crippen molar-refractivity contribution in [1.29, 1.82) is 0 Å². The van der Waals surface area contributed by atoms with Crippen LogP contribution in [0.25, 0.3) is 0 Å². The zero-order valence-electron chi connectivity index (χ0n) is 18.8. The van der Waals surface area contributed by atoms with Crippen LogP contribution >= 0.6 is 0 Å². The predicted molar refractivity (Wildman–Crippen MR) is 124 cm³/mol. The van der Waals surface area contributed by atoms with Crippen LogP contribution in [0.1, 0.15) is 60.0 Å². The summed E-state index contributed by atoms with van der Waals surface area (Å²) in [4.78, 5) is 31.1. The van der Waals surface area contributed by atoms with Gasteiger partial charge in [-0.3, -0.25) is 14.6 Å². The molecule has 0 radical (unpaired) electrons. The largest absolute Gasteiger partial charge is 0.489 e. The van der Waals surface area contributed by atoms with E-state index in [9.17, 15) is 9.59 Å². The Morgan fingerprint density at radius 2 is 1.94 bits per heavy atom. The molecule has 2 amide bonds. The smallest absolute Gasteiger partial charge is 0.255 e. The third-order valence-electron chi connectivity index (χ3n) is 6.91. The number of benzene rings is 1. The summed E-state index contributed by atoms with van der Waals surface area (Å²) in [5.41, 5.74) is 3.51. The molecule has 3 atom stereocenters. The highest BCUT2D eigenvalue weighted by Gasteiger charge is 2.38. The Morgan fingerprint density at radius 1 is 1.12 bits per heavy atom. The summed E-state index contributed by atoms with van der Waals surface area (Å²) < 4.78 is 6.44. The van der Waals surface area contributed by atoms with E-state index in [1.54, 1.807) is 4.90 Å². The Morgan fingerprint density at radius 3 is 2.76 bits per heavy atom. The standard InChI is InChI=1S/C26H30N4O3/c1-17-6-9-23(25(31)29-17)30-16-19-14-20(7-8-21(19)26(30)32)33-24-5-3-2-4-22(24)28-15-18-10-12-27-13-11-18/h7-8,10-14,22-24,28H,1-6,9,15-16H2,(H,29,31). The monoisotopic (exact) mass is 446 g/mol. The van der Waals surface area contributed by atoms with E-state index in [-0.39, 0.29) is 24.0 Å². The second-order valence-electron chi connectivity index (χ2n) is 9.18. The summed E-state index contributed by atoms with van der Waals surface area (Å²) in [6.07, 6.45) is 9.44. The topological polar surface area (TPSA) is 83.6 Å². The maximum absolute atomic E-state index is 13.0. The van der Waals surface area contributed by atoms with Crippen molar-refractivity contribution in [3.05, 3.63) is 71.7 Å². The first-order valence-corrected chi connectivity index (χ1v) is 11.8. The molecule has 2 fully saturated rings. The number of fused-ring (bicyclic) bond motifs is 1. The Balaban J connectivity index is 1.25. The number of carbonyl (C=O) groups is 2. The molecule has 2 aliphatic heterocycles. The average molecular weight is 447 g/mol. The molecule has 5 rings (SSSR count). The van der Waals surface area contributed by atoms with E-state index in [1.165, 1.54) is 12.0 Å². The maximum atomic E-state index is 13.0. The van der Waals surface area contributed by atoms with Gasteiger partial charge in [0.05, 0.1) is 0 Å². The van der Waals surface area contributed by atoms with E-state index >= 15 is 0 Å². The summed E-state index contributed by atoms with van der Waals surface area (Å²) >= 11 is 0. The Hall–Kier alpha value is -3.19. The van der Waals surface area contributed by atoms with Crippen molar-refractivity contribution in [1.82, 2.24) is 20.5 Å². The fraction of sp³-hybridized carbons (Fsp3) is 0.423. The van der Waals surface area contributed by atoms with Crippen LogP contribution < -0.4 is 15.4 Å². The number of aromatic nitrogens is 1. The third kappa shape index (κ3) is 4.64. The van der Waals surface area contributed by atoms with Crippen molar-refractivity contribution in [2.24, 2.45) is 0 Å². The molecule has 1 aromatic heterocycles. The van der Waals surface area contributed by atoms with E-state index in [4.69, 9.17) is 4.74 Å². The summed E-state index contributed by atoms with van der Waals surface area (Å²) in [5.74, 6) is 0.556. The number of rotatable bonds is 6. The van der Waals surface area contributed by atoms with Crippen LogP contribution in [0.2, 0.25) is 0 Å². The molecule has 2 N–H and O–H groups in total. The van der Waals surface area contributed by atoms with Crippen LogP contribution in [0.5, 0.6) is 5.75 Å². The first-order chi connectivity index (χ1) is 16.1. The van der Waals surface area contributed by atoms with Gasteiger partial charge in [-0.05, 0) is 73.6 Å². The second kappa shape index (κ2) is 9.35. The maximum Gasteiger partial charge on any atom is 0.255 e. The van der Waals surface area contributed by atoms with Gasteiger partial charge in [0.2, 0.25) is 5.91 Å². The predicted octanol–water partition coefficient (Wildman–Crippen LogP) is 3.31. The number of nitrogens with one attached hydrogen (secondary N) is 2. The average Bonchev–Trinajstić information content (AvgIpc) is 3.14. The van der Waals surface area contributed by atoms with Gasteiger partial charge in [0.25, 0.3) is 5.91 Å². The number of allylic oxidation sites excluding steroid dienone is 1. The summed E-state index contributed by atoms with van der Waals surface area (Å²) in [6, 6.07) is 9.58. The number of hydrogen-bond donors (Lipinski definition) is 2. The zero-order chi connectivity index (χ0) is 22.8. The van der Waals surface area contributed by atoms with Crippen molar-refractivity contribution in [2.75, 3.05) is 0 Å². The molecular weight excluding hydrogens is 416 g/mol. The molecule has 3 heterocycles. The van der Waals surface area contributed by atoms with Crippen LogP contribution in [-0.4, -0.2) is 39.9 Å². The number of piperidine rings is 1. The molecule has 2 aromatic rings. The Labute approximate surface area is 194 Å². The molecule has 0 spiro atoms. The van der Waals surface area contributed by atoms with Crippen LogP contribution in [0.4, 0.5) is 0 Å². The highest BCUT2D eigenvalue weighted by atomic mass is 16.5. The van der Waals surface area contributed by atoms with Crippen molar-refractivity contribution >= 4 is 11.8 Å². The van der Waals surface area contributed by atoms with E-state index in [0.717, 1.165) is 42.8 Å². The number of hydrogen-bond acceptors (Lipinski definition) is 5. The van der Waals surface area contributed by atoms with Gasteiger partial charge >= 0.3 is 0 Å². The minimum atomic E-state index is -0.445. The number of carbonyl (C=O) groups excluding carboxylic acids is 2. The number of amides is 2. The van der Waals surface area contributed by atoms with Crippen LogP contribution in [-0.2, 0) is 17.9 Å². The van der Waals surface area contributed by atoms with E-state index in [0.29, 0.717) is 24.9 Å². The number of ether oxygens (including phenoxy) is 1. The first kappa shape index (κ1) is 21.6. The molecule has 1 aromatic carbocycles. The highest BCUT2D eigenvalue weighted by molar-refractivity contribution is 6.01. The lowest BCUT2D eigenvalue weighted by atomic mass is 9.92. The molecule has 1 aliphatic carbocycles. The van der Waals surface area contributed by atoms with E-state index in [1.807, 2.05) is 42.7 Å². The van der Waals surface area contributed by atoms with Gasteiger partial charge in [0, 0.05) is 42.8 Å². The first-order valence-electron chi connectivity index (χ1n) is 11.8. The SMILES string of the molecule is C=C1CCC(N2Cc3cc(OC4CCCCC4NCc4ccncc4)ccc3C2=O)C(=O)N1. The third-order valence-corrected chi connectivity index (χ3v) is 6.91. The van der Waals surface area contributed by atoms with Gasteiger partial charge in [-0.15, -0.1) is 0 Å². The molecule has 1 saturated carbocycles. The van der Waals surface area contributed by atoms with Gasteiger partial charge in [0.1, 0.15) is 17.9 Å². The Bertz CT molecular complexity index is 1050. The molecule has 3 unspecified atom stereocenters. The zero-order valence-corrected chi connectivity index (χ0v) is 18.8. The van der Waals surface area contributed by atoms with Crippen molar-refractivity contribution in [3.63, 3.8) is 0 Å². The fourth-order valence-corrected chi connectivity index (χ4v) is 5.10. The van der Waals surface area contributed by atoms with E-state index < -0.39 is 6.04 Å². The minimum Gasteiger partial charge on any atom is -0.489 e. The van der Waals surface area contributed by atoms with Crippen molar-refractivity contribution in [2.45, 2.75) is 69.8 Å². The lowest BCUT2D eigenvalue weighted by Gasteiger charge is -2.33. The Kier molecular flexibility index (Phi) is 6.13. The minimum absolute atomic E-state index is 0.0845. The van der Waals surface area contributed by atoms with Crippen molar-refractivity contribution in [3.8, 4) is 5.75 Å².